The SMILES string of the molecule is CC(C)c1ccc(Sc2c(F)cccc2CO)cc1. The van der Waals surface area contributed by atoms with Gasteiger partial charge in [0.2, 0.25) is 0 Å². The van der Waals surface area contributed by atoms with E-state index in [0.717, 1.165) is 4.90 Å². The van der Waals surface area contributed by atoms with Gasteiger partial charge in [-0.2, -0.15) is 0 Å². The summed E-state index contributed by atoms with van der Waals surface area (Å²) in [6.45, 7) is 4.13. The molecule has 0 radical (unpaired) electrons. The molecule has 1 N–H and O–H groups in total. The first-order valence-corrected chi connectivity index (χ1v) is 7.09. The first-order valence-electron chi connectivity index (χ1n) is 6.28. The molecule has 0 bridgehead atoms. The summed E-state index contributed by atoms with van der Waals surface area (Å²) in [6, 6.07) is 12.9. The molecule has 0 saturated carbocycles. The van der Waals surface area contributed by atoms with Crippen molar-refractivity contribution < 1.29 is 9.50 Å². The van der Waals surface area contributed by atoms with Crippen LogP contribution in [0.3, 0.4) is 0 Å². The first kappa shape index (κ1) is 14.1. The van der Waals surface area contributed by atoms with Crippen LogP contribution in [0.25, 0.3) is 0 Å². The summed E-state index contributed by atoms with van der Waals surface area (Å²) in [5.41, 5.74) is 1.89. The molecule has 0 aliphatic carbocycles. The van der Waals surface area contributed by atoms with E-state index in [9.17, 15) is 9.50 Å². The first-order chi connectivity index (χ1) is 9.11. The highest BCUT2D eigenvalue weighted by Gasteiger charge is 2.09. The molecule has 0 amide bonds. The van der Waals surface area contributed by atoms with E-state index in [2.05, 4.69) is 26.0 Å². The maximum atomic E-state index is 13.8. The zero-order chi connectivity index (χ0) is 13.8. The Morgan fingerprint density at radius 3 is 2.37 bits per heavy atom. The average molecular weight is 276 g/mol. The molecule has 0 spiro atoms. The average Bonchev–Trinajstić information content (AvgIpc) is 2.41. The van der Waals surface area contributed by atoms with Crippen molar-refractivity contribution in [2.24, 2.45) is 0 Å². The minimum Gasteiger partial charge on any atom is -0.392 e. The lowest BCUT2D eigenvalue weighted by molar-refractivity contribution is 0.277. The summed E-state index contributed by atoms with van der Waals surface area (Å²) < 4.78 is 13.8. The van der Waals surface area contributed by atoms with Gasteiger partial charge in [-0.15, -0.1) is 0 Å². The highest BCUT2D eigenvalue weighted by molar-refractivity contribution is 7.99. The van der Waals surface area contributed by atoms with E-state index in [1.165, 1.54) is 23.4 Å². The van der Waals surface area contributed by atoms with E-state index in [1.54, 1.807) is 12.1 Å². The van der Waals surface area contributed by atoms with E-state index in [4.69, 9.17) is 0 Å². The highest BCUT2D eigenvalue weighted by atomic mass is 32.2. The number of hydrogen-bond donors (Lipinski definition) is 1. The molecule has 0 saturated heterocycles. The monoisotopic (exact) mass is 276 g/mol. The van der Waals surface area contributed by atoms with Crippen molar-refractivity contribution in [2.75, 3.05) is 0 Å². The fourth-order valence-electron chi connectivity index (χ4n) is 1.83. The van der Waals surface area contributed by atoms with E-state index in [-0.39, 0.29) is 12.4 Å². The zero-order valence-electron chi connectivity index (χ0n) is 11.1. The Bertz CT molecular complexity index is 549. The lowest BCUT2D eigenvalue weighted by Crippen LogP contribution is -1.91. The number of benzene rings is 2. The standard InChI is InChI=1S/C16H17FOS/c1-11(2)12-6-8-14(9-7-12)19-16-13(10-18)4-3-5-15(16)17/h3-9,11,18H,10H2,1-2H3. The van der Waals surface area contributed by atoms with Crippen molar-refractivity contribution >= 4 is 11.8 Å². The fourth-order valence-corrected chi connectivity index (χ4v) is 2.77. The van der Waals surface area contributed by atoms with Gasteiger partial charge in [0.05, 0.1) is 11.5 Å². The van der Waals surface area contributed by atoms with Gasteiger partial charge in [-0.05, 0) is 35.2 Å². The zero-order valence-corrected chi connectivity index (χ0v) is 11.9. The molecule has 19 heavy (non-hydrogen) atoms. The normalized spacial score (nSPS) is 11.0. The van der Waals surface area contributed by atoms with Crippen molar-refractivity contribution in [1.82, 2.24) is 0 Å². The van der Waals surface area contributed by atoms with Gasteiger partial charge >= 0.3 is 0 Å². The predicted molar refractivity (Wildman–Crippen MR) is 77.0 cm³/mol. The highest BCUT2D eigenvalue weighted by Crippen LogP contribution is 2.33. The molecule has 0 aliphatic rings. The predicted octanol–water partition coefficient (Wildman–Crippen LogP) is 4.59. The number of halogens is 1. The quantitative estimate of drug-likeness (QED) is 0.881. The van der Waals surface area contributed by atoms with Gasteiger partial charge in [-0.1, -0.05) is 49.9 Å². The Morgan fingerprint density at radius 1 is 1.11 bits per heavy atom. The topological polar surface area (TPSA) is 20.2 Å². The Morgan fingerprint density at radius 2 is 1.79 bits per heavy atom. The van der Waals surface area contributed by atoms with Gasteiger partial charge in [0.25, 0.3) is 0 Å². The van der Waals surface area contributed by atoms with Gasteiger partial charge in [0, 0.05) is 4.90 Å². The molecule has 1 nitrogen and oxygen atoms in total. The van der Waals surface area contributed by atoms with Crippen LogP contribution in [0.4, 0.5) is 4.39 Å². The molecule has 2 aromatic rings. The minimum absolute atomic E-state index is 0.149. The molecule has 0 aromatic heterocycles. The molecule has 2 aromatic carbocycles. The third-order valence-electron chi connectivity index (χ3n) is 2.99. The van der Waals surface area contributed by atoms with Crippen molar-refractivity contribution in [3.05, 3.63) is 59.4 Å². The number of hydrogen-bond acceptors (Lipinski definition) is 2. The van der Waals surface area contributed by atoms with Crippen LogP contribution in [-0.2, 0) is 6.61 Å². The smallest absolute Gasteiger partial charge is 0.137 e. The molecule has 0 atom stereocenters. The van der Waals surface area contributed by atoms with Gasteiger partial charge in [0.1, 0.15) is 5.82 Å². The number of rotatable bonds is 4. The Kier molecular flexibility index (Phi) is 4.61. The second-order valence-electron chi connectivity index (χ2n) is 4.71. The van der Waals surface area contributed by atoms with Crippen molar-refractivity contribution in [1.29, 1.82) is 0 Å². The summed E-state index contributed by atoms with van der Waals surface area (Å²) in [5, 5.41) is 9.26. The van der Waals surface area contributed by atoms with Crippen LogP contribution in [0.1, 0.15) is 30.9 Å². The third-order valence-corrected chi connectivity index (χ3v) is 4.15. The van der Waals surface area contributed by atoms with Crippen molar-refractivity contribution in [3.63, 3.8) is 0 Å². The Labute approximate surface area is 117 Å². The van der Waals surface area contributed by atoms with Crippen LogP contribution in [0, 0.1) is 5.82 Å². The molecule has 0 fully saturated rings. The van der Waals surface area contributed by atoms with E-state index >= 15 is 0 Å². The maximum absolute atomic E-state index is 13.8. The van der Waals surface area contributed by atoms with Crippen LogP contribution in [0.15, 0.2) is 52.3 Å². The van der Waals surface area contributed by atoms with Gasteiger partial charge < -0.3 is 5.11 Å². The van der Waals surface area contributed by atoms with Gasteiger partial charge in [-0.3, -0.25) is 0 Å². The summed E-state index contributed by atoms with van der Waals surface area (Å²) in [7, 11) is 0. The Balaban J connectivity index is 2.26. The molecule has 0 aliphatic heterocycles. The van der Waals surface area contributed by atoms with Crippen molar-refractivity contribution in [2.45, 2.75) is 36.2 Å². The summed E-state index contributed by atoms with van der Waals surface area (Å²) >= 11 is 1.35. The molecular weight excluding hydrogens is 259 g/mol. The summed E-state index contributed by atoms with van der Waals surface area (Å²) in [4.78, 5) is 1.48. The summed E-state index contributed by atoms with van der Waals surface area (Å²) in [5.74, 6) is 0.199. The lowest BCUT2D eigenvalue weighted by atomic mass is 10.0. The van der Waals surface area contributed by atoms with Crippen LogP contribution in [0.2, 0.25) is 0 Å². The molecule has 2 rings (SSSR count). The number of aliphatic hydroxyl groups is 1. The Hall–Kier alpha value is -1.32. The van der Waals surface area contributed by atoms with Crippen LogP contribution >= 0.6 is 11.8 Å². The molecule has 0 heterocycles. The maximum Gasteiger partial charge on any atom is 0.137 e. The second kappa shape index (κ2) is 6.22. The van der Waals surface area contributed by atoms with Crippen LogP contribution in [-0.4, -0.2) is 5.11 Å². The molecule has 100 valence electrons. The van der Waals surface area contributed by atoms with E-state index in [0.29, 0.717) is 16.4 Å². The van der Waals surface area contributed by atoms with Gasteiger partial charge in [-0.25, -0.2) is 4.39 Å². The third kappa shape index (κ3) is 3.37. The van der Waals surface area contributed by atoms with Crippen LogP contribution in [0.5, 0.6) is 0 Å². The summed E-state index contributed by atoms with van der Waals surface area (Å²) in [6.07, 6.45) is 0. The second-order valence-corrected chi connectivity index (χ2v) is 5.80. The lowest BCUT2D eigenvalue weighted by Gasteiger charge is -2.10. The molecule has 0 unspecified atom stereocenters. The molecule has 3 heteroatoms. The fraction of sp³-hybridized carbons (Fsp3) is 0.250. The van der Waals surface area contributed by atoms with E-state index in [1.807, 2.05) is 12.1 Å². The molecular formula is C16H17FOS. The van der Waals surface area contributed by atoms with Crippen molar-refractivity contribution in [3.8, 4) is 0 Å². The van der Waals surface area contributed by atoms with Crippen LogP contribution < -0.4 is 0 Å². The van der Waals surface area contributed by atoms with E-state index < -0.39 is 0 Å². The largest absolute Gasteiger partial charge is 0.392 e. The number of aliphatic hydroxyl groups excluding tert-OH is 1. The van der Waals surface area contributed by atoms with Gasteiger partial charge in [0.15, 0.2) is 0 Å². The minimum atomic E-state index is -0.288.